The first kappa shape index (κ1) is 19.9. The number of aryl methyl sites for hydroxylation is 1. The minimum absolute atomic E-state index is 0. The molecule has 0 amide bonds. The maximum Gasteiger partial charge on any atom is 0.194 e. The molecule has 0 radical (unpaired) electrons. The van der Waals surface area contributed by atoms with Gasteiger partial charge in [-0.15, -0.1) is 24.0 Å². The molecule has 25 heavy (non-hydrogen) atoms. The molecule has 8 heteroatoms. The first-order valence-corrected chi connectivity index (χ1v) is 8.20. The highest BCUT2D eigenvalue weighted by Gasteiger charge is 2.22. The standard InChI is InChI=1S/C17H25N5O2.HI/c1-13-4-5-21-10-14(20-16(21)8-13)9-19-17(18-2)22-6-7-24-15(11-22)12-23-3;/h4-5,8,10,15H,6-7,9,11-12H2,1-3H3,(H,18,19);1H. The molecule has 7 nitrogen and oxygen atoms in total. The Kier molecular flexibility index (Phi) is 7.45. The summed E-state index contributed by atoms with van der Waals surface area (Å²) in [6.07, 6.45) is 4.16. The van der Waals surface area contributed by atoms with Gasteiger partial charge in [0.15, 0.2) is 5.96 Å². The van der Waals surface area contributed by atoms with Gasteiger partial charge >= 0.3 is 0 Å². The predicted molar refractivity (Wildman–Crippen MR) is 109 cm³/mol. The van der Waals surface area contributed by atoms with Crippen LogP contribution < -0.4 is 5.32 Å². The highest BCUT2D eigenvalue weighted by Crippen LogP contribution is 2.09. The minimum Gasteiger partial charge on any atom is -0.382 e. The van der Waals surface area contributed by atoms with Gasteiger partial charge in [-0.05, 0) is 24.6 Å². The Hall–Kier alpha value is -1.39. The molecule has 2 aromatic rings. The Morgan fingerprint density at radius 3 is 3.12 bits per heavy atom. The maximum absolute atomic E-state index is 5.69. The van der Waals surface area contributed by atoms with Crippen molar-refractivity contribution in [1.29, 1.82) is 0 Å². The van der Waals surface area contributed by atoms with E-state index in [9.17, 15) is 0 Å². The highest BCUT2D eigenvalue weighted by molar-refractivity contribution is 14.0. The molecule has 3 rings (SSSR count). The third kappa shape index (κ3) is 5.05. The van der Waals surface area contributed by atoms with Crippen molar-refractivity contribution in [2.45, 2.75) is 19.6 Å². The number of pyridine rings is 1. The lowest BCUT2D eigenvalue weighted by Crippen LogP contribution is -2.51. The van der Waals surface area contributed by atoms with Crippen LogP contribution in [0.1, 0.15) is 11.3 Å². The van der Waals surface area contributed by atoms with Gasteiger partial charge in [0.25, 0.3) is 0 Å². The van der Waals surface area contributed by atoms with Gasteiger partial charge in [-0.1, -0.05) is 0 Å². The second-order valence-electron chi connectivity index (χ2n) is 6.00. The second kappa shape index (κ2) is 9.35. The molecule has 0 bridgehead atoms. The number of aromatic nitrogens is 2. The maximum atomic E-state index is 5.69. The van der Waals surface area contributed by atoms with Gasteiger partial charge in [-0.25, -0.2) is 4.98 Å². The predicted octanol–water partition coefficient (Wildman–Crippen LogP) is 1.68. The number of morpholine rings is 1. The van der Waals surface area contributed by atoms with Crippen molar-refractivity contribution in [2.24, 2.45) is 4.99 Å². The van der Waals surface area contributed by atoms with E-state index in [1.54, 1.807) is 14.2 Å². The van der Waals surface area contributed by atoms with Crippen molar-refractivity contribution in [3.05, 3.63) is 35.8 Å². The van der Waals surface area contributed by atoms with Crippen LogP contribution in [0.2, 0.25) is 0 Å². The third-order valence-electron chi connectivity index (χ3n) is 4.10. The average Bonchev–Trinajstić information content (AvgIpc) is 2.98. The number of imidazole rings is 1. The van der Waals surface area contributed by atoms with E-state index in [0.29, 0.717) is 19.8 Å². The molecule has 1 atom stereocenters. The Balaban J connectivity index is 0.00000225. The number of rotatable bonds is 4. The topological polar surface area (TPSA) is 63.4 Å². The van der Waals surface area contributed by atoms with Crippen molar-refractivity contribution >= 4 is 35.6 Å². The summed E-state index contributed by atoms with van der Waals surface area (Å²) in [5, 5.41) is 3.40. The van der Waals surface area contributed by atoms with E-state index in [2.05, 4.69) is 39.2 Å². The van der Waals surface area contributed by atoms with Crippen LogP contribution in [0.3, 0.4) is 0 Å². The SMILES string of the molecule is CN=C(NCc1cn2ccc(C)cc2n1)N1CCOC(COC)C1.I. The number of halogens is 1. The fourth-order valence-electron chi connectivity index (χ4n) is 2.92. The summed E-state index contributed by atoms with van der Waals surface area (Å²) in [4.78, 5) is 11.2. The first-order valence-electron chi connectivity index (χ1n) is 8.20. The monoisotopic (exact) mass is 459 g/mol. The molecule has 1 aliphatic heterocycles. The van der Waals surface area contributed by atoms with Crippen LogP contribution in [0.4, 0.5) is 0 Å². The highest BCUT2D eigenvalue weighted by atomic mass is 127. The zero-order valence-corrected chi connectivity index (χ0v) is 17.3. The summed E-state index contributed by atoms with van der Waals surface area (Å²) in [5.41, 5.74) is 3.16. The molecule has 3 heterocycles. The third-order valence-corrected chi connectivity index (χ3v) is 4.10. The molecule has 1 unspecified atom stereocenters. The zero-order chi connectivity index (χ0) is 16.9. The van der Waals surface area contributed by atoms with Crippen molar-refractivity contribution in [3.63, 3.8) is 0 Å². The molecular formula is C17H26IN5O2. The van der Waals surface area contributed by atoms with Gasteiger partial charge in [0.1, 0.15) is 5.65 Å². The molecule has 0 aromatic carbocycles. The van der Waals surface area contributed by atoms with Crippen molar-refractivity contribution in [1.82, 2.24) is 19.6 Å². The summed E-state index contributed by atoms with van der Waals surface area (Å²) < 4.78 is 12.9. The Morgan fingerprint density at radius 1 is 1.52 bits per heavy atom. The Labute approximate surface area is 165 Å². The molecule has 1 aliphatic rings. The smallest absolute Gasteiger partial charge is 0.194 e. The molecular weight excluding hydrogens is 433 g/mol. The fraction of sp³-hybridized carbons (Fsp3) is 0.529. The number of hydrogen-bond donors (Lipinski definition) is 1. The molecule has 0 spiro atoms. The number of hydrogen-bond acceptors (Lipinski definition) is 4. The van der Waals surface area contributed by atoms with Crippen LogP contribution in [0.15, 0.2) is 29.5 Å². The zero-order valence-electron chi connectivity index (χ0n) is 14.9. The Morgan fingerprint density at radius 2 is 2.36 bits per heavy atom. The van der Waals surface area contributed by atoms with Gasteiger partial charge in [-0.3, -0.25) is 4.99 Å². The van der Waals surface area contributed by atoms with E-state index in [1.165, 1.54) is 5.56 Å². The van der Waals surface area contributed by atoms with Crippen LogP contribution in [0.5, 0.6) is 0 Å². The van der Waals surface area contributed by atoms with Crippen molar-refractivity contribution in [2.75, 3.05) is 40.5 Å². The lowest BCUT2D eigenvalue weighted by atomic mass is 10.3. The van der Waals surface area contributed by atoms with E-state index in [0.717, 1.165) is 30.4 Å². The molecule has 1 fully saturated rings. The second-order valence-corrected chi connectivity index (χ2v) is 6.00. The van der Waals surface area contributed by atoms with Crippen LogP contribution in [-0.2, 0) is 16.0 Å². The van der Waals surface area contributed by atoms with E-state index in [1.807, 2.05) is 16.8 Å². The molecule has 1 N–H and O–H groups in total. The van der Waals surface area contributed by atoms with E-state index >= 15 is 0 Å². The van der Waals surface area contributed by atoms with Gasteiger partial charge in [0.05, 0.1) is 31.6 Å². The fourth-order valence-corrected chi connectivity index (χ4v) is 2.92. The summed E-state index contributed by atoms with van der Waals surface area (Å²) in [5.74, 6) is 0.868. The number of fused-ring (bicyclic) bond motifs is 1. The number of ether oxygens (including phenoxy) is 2. The molecule has 2 aromatic heterocycles. The summed E-state index contributed by atoms with van der Waals surface area (Å²) in [6.45, 7) is 5.59. The van der Waals surface area contributed by atoms with Crippen LogP contribution >= 0.6 is 24.0 Å². The van der Waals surface area contributed by atoms with E-state index in [4.69, 9.17) is 9.47 Å². The summed E-state index contributed by atoms with van der Waals surface area (Å²) in [6, 6.07) is 4.16. The lowest BCUT2D eigenvalue weighted by molar-refractivity contribution is -0.0447. The van der Waals surface area contributed by atoms with Crippen LogP contribution in [0.25, 0.3) is 5.65 Å². The summed E-state index contributed by atoms with van der Waals surface area (Å²) >= 11 is 0. The summed E-state index contributed by atoms with van der Waals surface area (Å²) in [7, 11) is 3.50. The molecule has 138 valence electrons. The quantitative estimate of drug-likeness (QED) is 0.429. The normalized spacial score (nSPS) is 18.3. The first-order chi connectivity index (χ1) is 11.7. The van der Waals surface area contributed by atoms with Crippen molar-refractivity contribution < 1.29 is 9.47 Å². The number of methoxy groups -OCH3 is 1. The number of guanidine groups is 1. The molecule has 1 saturated heterocycles. The van der Waals surface area contributed by atoms with Crippen LogP contribution in [0, 0.1) is 6.92 Å². The van der Waals surface area contributed by atoms with Crippen molar-refractivity contribution in [3.8, 4) is 0 Å². The minimum atomic E-state index is 0. The van der Waals surface area contributed by atoms with E-state index < -0.39 is 0 Å². The van der Waals surface area contributed by atoms with Gasteiger partial charge < -0.3 is 24.1 Å². The number of aliphatic imine (C=N–C) groups is 1. The molecule has 0 aliphatic carbocycles. The lowest BCUT2D eigenvalue weighted by Gasteiger charge is -2.34. The van der Waals surface area contributed by atoms with Gasteiger partial charge in [0.2, 0.25) is 0 Å². The number of nitrogens with one attached hydrogen (secondary N) is 1. The van der Waals surface area contributed by atoms with E-state index in [-0.39, 0.29) is 30.1 Å². The van der Waals surface area contributed by atoms with Gasteiger partial charge in [-0.2, -0.15) is 0 Å². The average molecular weight is 459 g/mol. The Bertz CT molecular complexity index is 716. The number of nitrogens with zero attached hydrogens (tertiary/aromatic N) is 4. The molecule has 0 saturated carbocycles. The van der Waals surface area contributed by atoms with Crippen LogP contribution in [-0.4, -0.2) is 66.8 Å². The van der Waals surface area contributed by atoms with Gasteiger partial charge in [0, 0.05) is 39.6 Å². The largest absolute Gasteiger partial charge is 0.382 e.